The molecule has 0 bridgehead atoms. The highest BCUT2D eigenvalue weighted by Gasteiger charge is 2.15. The van der Waals surface area contributed by atoms with Crippen LogP contribution >= 0.6 is 0 Å². The van der Waals surface area contributed by atoms with Gasteiger partial charge in [-0.15, -0.1) is 0 Å². The quantitative estimate of drug-likeness (QED) is 0.816. The molecule has 0 fully saturated rings. The lowest BCUT2D eigenvalue weighted by Crippen LogP contribution is -2.33. The van der Waals surface area contributed by atoms with Crippen LogP contribution in [0, 0.1) is 0 Å². The molecule has 0 saturated heterocycles. The third kappa shape index (κ3) is 2.51. The fraction of sp³-hybridized carbons (Fsp3) is 0.167. The van der Waals surface area contributed by atoms with Crippen LogP contribution in [0.2, 0.25) is 0 Å². The Morgan fingerprint density at radius 1 is 1.41 bits per heavy atom. The summed E-state index contributed by atoms with van der Waals surface area (Å²) in [5, 5.41) is 8.78. The first-order chi connectivity index (χ1) is 8.18. The summed E-state index contributed by atoms with van der Waals surface area (Å²) in [6, 6.07) is 8.67. The van der Waals surface area contributed by atoms with Crippen molar-refractivity contribution in [2.75, 3.05) is 0 Å². The van der Waals surface area contributed by atoms with Crippen molar-refractivity contribution >= 4 is 5.97 Å². The Morgan fingerprint density at radius 2 is 2.12 bits per heavy atom. The van der Waals surface area contributed by atoms with Gasteiger partial charge in [-0.05, 0) is 12.1 Å². The Bertz CT molecular complexity index is 507. The van der Waals surface area contributed by atoms with Gasteiger partial charge in [0.1, 0.15) is 11.9 Å². The van der Waals surface area contributed by atoms with E-state index in [-0.39, 0.29) is 6.42 Å². The monoisotopic (exact) mass is 231 g/mol. The third-order valence-corrected chi connectivity index (χ3v) is 2.47. The number of aromatic nitrogens is 2. The number of para-hydroxylation sites is 1. The van der Waals surface area contributed by atoms with Gasteiger partial charge in [-0.2, -0.15) is 0 Å². The Hall–Kier alpha value is -2.14. The molecule has 0 spiro atoms. The maximum Gasteiger partial charge on any atom is 0.320 e. The zero-order chi connectivity index (χ0) is 12.3. The second-order valence-corrected chi connectivity index (χ2v) is 3.70. The second kappa shape index (κ2) is 4.80. The molecule has 1 aromatic carbocycles. The first kappa shape index (κ1) is 11.3. The molecule has 0 unspecified atom stereocenters. The number of hydrogen-bond acceptors (Lipinski definition) is 3. The van der Waals surface area contributed by atoms with Crippen LogP contribution in [0.3, 0.4) is 0 Å². The van der Waals surface area contributed by atoms with Gasteiger partial charge >= 0.3 is 5.97 Å². The predicted molar refractivity (Wildman–Crippen MR) is 62.9 cm³/mol. The molecule has 0 saturated carbocycles. The van der Waals surface area contributed by atoms with E-state index in [4.69, 9.17) is 10.8 Å². The molecular weight excluding hydrogens is 218 g/mol. The highest BCUT2D eigenvalue weighted by atomic mass is 16.4. The van der Waals surface area contributed by atoms with Gasteiger partial charge in [0.25, 0.3) is 0 Å². The topological polar surface area (TPSA) is 81.1 Å². The highest BCUT2D eigenvalue weighted by molar-refractivity contribution is 5.73. The Morgan fingerprint density at radius 3 is 2.76 bits per heavy atom. The van der Waals surface area contributed by atoms with E-state index in [1.54, 1.807) is 12.4 Å². The highest BCUT2D eigenvalue weighted by Crippen LogP contribution is 2.11. The molecule has 0 aliphatic carbocycles. The molecule has 1 atom stereocenters. The van der Waals surface area contributed by atoms with Crippen molar-refractivity contribution in [2.45, 2.75) is 12.5 Å². The summed E-state index contributed by atoms with van der Waals surface area (Å²) in [5.74, 6) is -0.376. The molecule has 1 aromatic heterocycles. The predicted octanol–water partition coefficient (Wildman–Crippen LogP) is 0.827. The minimum absolute atomic E-state index is 0.206. The molecule has 0 amide bonds. The van der Waals surface area contributed by atoms with E-state index < -0.39 is 12.0 Å². The summed E-state index contributed by atoms with van der Waals surface area (Å²) in [6.07, 6.45) is 3.63. The molecular formula is C12H13N3O2. The number of nitrogens with zero attached hydrogens (tertiary/aromatic N) is 2. The van der Waals surface area contributed by atoms with Crippen molar-refractivity contribution in [1.82, 2.24) is 9.55 Å². The van der Waals surface area contributed by atoms with Gasteiger partial charge in [0.05, 0.1) is 0 Å². The average molecular weight is 231 g/mol. The second-order valence-electron chi connectivity index (χ2n) is 3.70. The van der Waals surface area contributed by atoms with E-state index >= 15 is 0 Å². The van der Waals surface area contributed by atoms with E-state index in [1.165, 1.54) is 0 Å². The largest absolute Gasteiger partial charge is 0.480 e. The van der Waals surface area contributed by atoms with Crippen LogP contribution in [0.15, 0.2) is 42.7 Å². The fourth-order valence-corrected chi connectivity index (χ4v) is 1.59. The number of imidazole rings is 1. The van der Waals surface area contributed by atoms with Crippen molar-refractivity contribution in [3.05, 3.63) is 48.5 Å². The lowest BCUT2D eigenvalue weighted by Gasteiger charge is -2.09. The first-order valence-electron chi connectivity index (χ1n) is 5.24. The van der Waals surface area contributed by atoms with Crippen LogP contribution < -0.4 is 5.73 Å². The Labute approximate surface area is 98.5 Å². The van der Waals surface area contributed by atoms with Crippen LogP contribution in [-0.2, 0) is 11.2 Å². The number of aliphatic carboxylic acids is 1. The smallest absolute Gasteiger partial charge is 0.320 e. The Kier molecular flexibility index (Phi) is 3.20. The number of carboxylic acids is 1. The van der Waals surface area contributed by atoms with E-state index in [2.05, 4.69) is 4.98 Å². The number of nitrogens with two attached hydrogens (primary N) is 1. The summed E-state index contributed by atoms with van der Waals surface area (Å²) in [5.41, 5.74) is 6.44. The summed E-state index contributed by atoms with van der Waals surface area (Å²) in [4.78, 5) is 14.8. The molecule has 0 aliphatic heterocycles. The number of carbonyl (C=O) groups is 1. The average Bonchev–Trinajstić information content (AvgIpc) is 2.78. The van der Waals surface area contributed by atoms with Crippen LogP contribution in [0.4, 0.5) is 0 Å². The molecule has 2 aromatic rings. The lowest BCUT2D eigenvalue weighted by atomic mass is 10.2. The van der Waals surface area contributed by atoms with Gasteiger partial charge < -0.3 is 15.4 Å². The lowest BCUT2D eigenvalue weighted by molar-refractivity contribution is -0.138. The van der Waals surface area contributed by atoms with Gasteiger partial charge in [0, 0.05) is 24.5 Å². The van der Waals surface area contributed by atoms with Crippen molar-refractivity contribution in [3.63, 3.8) is 0 Å². The molecule has 5 heteroatoms. The summed E-state index contributed by atoms with van der Waals surface area (Å²) in [7, 11) is 0. The molecule has 0 radical (unpaired) electrons. The van der Waals surface area contributed by atoms with Gasteiger partial charge in [0.2, 0.25) is 0 Å². The summed E-state index contributed by atoms with van der Waals surface area (Å²) < 4.78 is 1.84. The van der Waals surface area contributed by atoms with Crippen molar-refractivity contribution < 1.29 is 9.90 Å². The van der Waals surface area contributed by atoms with Crippen LogP contribution in [-0.4, -0.2) is 26.7 Å². The standard InChI is InChI=1S/C12H13N3O2/c13-10(12(16)17)8-11-14-6-7-15(11)9-4-2-1-3-5-9/h1-7,10H,8,13H2,(H,16,17)/t10-/m0/s1. The van der Waals surface area contributed by atoms with Gasteiger partial charge in [0.15, 0.2) is 0 Å². The molecule has 17 heavy (non-hydrogen) atoms. The number of rotatable bonds is 4. The molecule has 0 aliphatic rings. The fourth-order valence-electron chi connectivity index (χ4n) is 1.59. The third-order valence-electron chi connectivity index (χ3n) is 2.47. The molecule has 2 rings (SSSR count). The van der Waals surface area contributed by atoms with Crippen molar-refractivity contribution in [1.29, 1.82) is 0 Å². The first-order valence-corrected chi connectivity index (χ1v) is 5.24. The normalized spacial score (nSPS) is 12.3. The van der Waals surface area contributed by atoms with E-state index in [1.807, 2.05) is 34.9 Å². The van der Waals surface area contributed by atoms with Crippen LogP contribution in [0.5, 0.6) is 0 Å². The SMILES string of the molecule is N[C@@H](Cc1nccn1-c1ccccc1)C(=O)O. The van der Waals surface area contributed by atoms with Crippen LogP contribution in [0.25, 0.3) is 5.69 Å². The zero-order valence-electron chi connectivity index (χ0n) is 9.15. The molecule has 3 N–H and O–H groups in total. The molecule has 5 nitrogen and oxygen atoms in total. The number of hydrogen-bond donors (Lipinski definition) is 2. The van der Waals surface area contributed by atoms with Crippen molar-refractivity contribution in [2.24, 2.45) is 5.73 Å². The van der Waals surface area contributed by atoms with E-state index in [0.29, 0.717) is 5.82 Å². The van der Waals surface area contributed by atoms with Gasteiger partial charge in [-0.1, -0.05) is 18.2 Å². The molecule has 88 valence electrons. The maximum atomic E-state index is 10.7. The van der Waals surface area contributed by atoms with Crippen LogP contribution in [0.1, 0.15) is 5.82 Å². The summed E-state index contributed by atoms with van der Waals surface area (Å²) in [6.45, 7) is 0. The Balaban J connectivity index is 2.26. The minimum Gasteiger partial charge on any atom is -0.480 e. The van der Waals surface area contributed by atoms with E-state index in [0.717, 1.165) is 5.69 Å². The molecule has 1 heterocycles. The van der Waals surface area contributed by atoms with E-state index in [9.17, 15) is 4.79 Å². The van der Waals surface area contributed by atoms with Gasteiger partial charge in [-0.3, -0.25) is 4.79 Å². The number of benzene rings is 1. The summed E-state index contributed by atoms with van der Waals surface area (Å²) >= 11 is 0. The minimum atomic E-state index is -1.02. The van der Waals surface area contributed by atoms with Crippen molar-refractivity contribution in [3.8, 4) is 5.69 Å². The zero-order valence-corrected chi connectivity index (χ0v) is 9.15. The van der Waals surface area contributed by atoms with Gasteiger partial charge in [-0.25, -0.2) is 4.98 Å². The number of carboxylic acid groups (broad SMARTS) is 1. The maximum absolute atomic E-state index is 10.7.